The van der Waals surface area contributed by atoms with Gasteiger partial charge in [-0.25, -0.2) is 0 Å². The van der Waals surface area contributed by atoms with E-state index in [-0.39, 0.29) is 0 Å². The van der Waals surface area contributed by atoms with Crippen LogP contribution in [0, 0.1) is 0 Å². The van der Waals surface area contributed by atoms with E-state index in [2.05, 4.69) is 53.7 Å². The van der Waals surface area contributed by atoms with E-state index in [1.807, 2.05) is 36.4 Å². The first-order valence-electron chi connectivity index (χ1n) is 7.28. The van der Waals surface area contributed by atoms with Gasteiger partial charge >= 0.3 is 0 Å². The van der Waals surface area contributed by atoms with Crippen LogP contribution in [0.4, 0.5) is 0 Å². The highest BCUT2D eigenvalue weighted by atomic mass is 16.6. The molecule has 0 amide bonds. The molecule has 3 aromatic rings. The van der Waals surface area contributed by atoms with Crippen LogP contribution in [0.3, 0.4) is 0 Å². The summed E-state index contributed by atoms with van der Waals surface area (Å²) >= 11 is 0. The van der Waals surface area contributed by atoms with Crippen LogP contribution >= 0.6 is 0 Å². The van der Waals surface area contributed by atoms with Crippen molar-refractivity contribution >= 4 is 23.1 Å². The number of oxime groups is 1. The zero-order valence-electron chi connectivity index (χ0n) is 12.2. The maximum atomic E-state index is 5.25. The molecule has 0 saturated carbocycles. The van der Waals surface area contributed by atoms with Crippen molar-refractivity contribution in [2.45, 2.75) is 0 Å². The standard InChI is InChI=1S/C20H17NO/c1-2-8-17(9-3-1)16-21-22-15-7-13-19-12-6-11-18-10-4-5-14-20(18)19/h1-14,16H,15H2/b13-7+,21-16+. The van der Waals surface area contributed by atoms with Crippen molar-refractivity contribution < 1.29 is 4.84 Å². The van der Waals surface area contributed by atoms with E-state index in [1.54, 1.807) is 6.21 Å². The summed E-state index contributed by atoms with van der Waals surface area (Å²) in [5.41, 5.74) is 2.22. The van der Waals surface area contributed by atoms with Gasteiger partial charge < -0.3 is 4.84 Å². The predicted molar refractivity (Wildman–Crippen MR) is 93.0 cm³/mol. The van der Waals surface area contributed by atoms with Gasteiger partial charge in [-0.2, -0.15) is 0 Å². The second-order valence-corrected chi connectivity index (χ2v) is 4.91. The van der Waals surface area contributed by atoms with Gasteiger partial charge in [-0.3, -0.25) is 0 Å². The molecular weight excluding hydrogens is 270 g/mol. The van der Waals surface area contributed by atoms with Gasteiger partial charge in [0.1, 0.15) is 6.61 Å². The van der Waals surface area contributed by atoms with E-state index in [0.29, 0.717) is 6.61 Å². The van der Waals surface area contributed by atoms with Crippen LogP contribution in [-0.4, -0.2) is 12.8 Å². The first-order chi connectivity index (χ1) is 10.9. The molecular formula is C20H17NO. The average molecular weight is 287 g/mol. The summed E-state index contributed by atoms with van der Waals surface area (Å²) in [7, 11) is 0. The molecule has 0 aliphatic rings. The van der Waals surface area contributed by atoms with Crippen molar-refractivity contribution in [1.82, 2.24) is 0 Å². The second kappa shape index (κ2) is 7.23. The summed E-state index contributed by atoms with van der Waals surface area (Å²) in [6, 6.07) is 24.5. The van der Waals surface area contributed by atoms with Gasteiger partial charge in [0.15, 0.2) is 0 Å². The van der Waals surface area contributed by atoms with Gasteiger partial charge in [0.2, 0.25) is 0 Å². The Morgan fingerprint density at radius 2 is 1.59 bits per heavy atom. The summed E-state index contributed by atoms with van der Waals surface area (Å²) < 4.78 is 0. The molecule has 0 aliphatic carbocycles. The van der Waals surface area contributed by atoms with Crippen molar-refractivity contribution in [2.75, 3.05) is 6.61 Å². The first kappa shape index (κ1) is 14.1. The number of hydrogen-bond donors (Lipinski definition) is 0. The lowest BCUT2D eigenvalue weighted by Crippen LogP contribution is -1.85. The zero-order chi connectivity index (χ0) is 15.0. The zero-order valence-corrected chi connectivity index (χ0v) is 12.2. The molecule has 0 spiro atoms. The maximum absolute atomic E-state index is 5.25. The minimum atomic E-state index is 0.451. The molecule has 2 heteroatoms. The van der Waals surface area contributed by atoms with Crippen molar-refractivity contribution in [3.8, 4) is 0 Å². The number of rotatable bonds is 5. The molecule has 3 rings (SSSR count). The van der Waals surface area contributed by atoms with E-state index in [4.69, 9.17) is 4.84 Å². The molecule has 22 heavy (non-hydrogen) atoms. The van der Waals surface area contributed by atoms with Crippen LogP contribution in [0.5, 0.6) is 0 Å². The van der Waals surface area contributed by atoms with Gasteiger partial charge in [-0.15, -0.1) is 0 Å². The lowest BCUT2D eigenvalue weighted by Gasteiger charge is -2.01. The molecule has 0 bridgehead atoms. The largest absolute Gasteiger partial charge is 0.392 e. The number of benzene rings is 3. The molecule has 3 aromatic carbocycles. The normalized spacial score (nSPS) is 11.5. The van der Waals surface area contributed by atoms with Crippen LogP contribution in [0.1, 0.15) is 11.1 Å². The Bertz CT molecular complexity index is 786. The molecule has 0 aliphatic heterocycles. The van der Waals surface area contributed by atoms with Crippen LogP contribution in [0.25, 0.3) is 16.8 Å². The van der Waals surface area contributed by atoms with Crippen LogP contribution in [-0.2, 0) is 4.84 Å². The number of fused-ring (bicyclic) bond motifs is 1. The van der Waals surface area contributed by atoms with Gasteiger partial charge in [-0.1, -0.05) is 84.0 Å². The van der Waals surface area contributed by atoms with Gasteiger partial charge in [0.05, 0.1) is 6.21 Å². The molecule has 0 saturated heterocycles. The highest BCUT2D eigenvalue weighted by molar-refractivity contribution is 5.90. The topological polar surface area (TPSA) is 21.6 Å². The molecule has 0 radical (unpaired) electrons. The molecule has 0 heterocycles. The Morgan fingerprint density at radius 3 is 2.50 bits per heavy atom. The maximum Gasteiger partial charge on any atom is 0.135 e. The molecule has 108 valence electrons. The first-order valence-corrected chi connectivity index (χ1v) is 7.28. The molecule has 0 aromatic heterocycles. The third-order valence-electron chi connectivity index (χ3n) is 3.37. The minimum Gasteiger partial charge on any atom is -0.392 e. The monoisotopic (exact) mass is 287 g/mol. The highest BCUT2D eigenvalue weighted by Gasteiger charge is 1.95. The fourth-order valence-electron chi connectivity index (χ4n) is 2.29. The Balaban J connectivity index is 1.59. The Morgan fingerprint density at radius 1 is 0.818 bits per heavy atom. The second-order valence-electron chi connectivity index (χ2n) is 4.91. The third-order valence-corrected chi connectivity index (χ3v) is 3.37. The Hall–Kier alpha value is -2.87. The smallest absolute Gasteiger partial charge is 0.135 e. The molecule has 0 unspecified atom stereocenters. The summed E-state index contributed by atoms with van der Waals surface area (Å²) in [5, 5.41) is 6.45. The SMILES string of the molecule is C(=C\c1cccc2ccccc12)/CO/N=C/c1ccccc1. The third kappa shape index (κ3) is 3.61. The van der Waals surface area contributed by atoms with Crippen LogP contribution < -0.4 is 0 Å². The lowest BCUT2D eigenvalue weighted by atomic mass is 10.0. The van der Waals surface area contributed by atoms with Crippen molar-refractivity contribution in [3.05, 3.63) is 90.0 Å². The van der Waals surface area contributed by atoms with E-state index < -0.39 is 0 Å². The van der Waals surface area contributed by atoms with E-state index >= 15 is 0 Å². The van der Waals surface area contributed by atoms with E-state index in [0.717, 1.165) is 5.56 Å². The number of nitrogens with zero attached hydrogens (tertiary/aromatic N) is 1. The molecule has 0 atom stereocenters. The average Bonchev–Trinajstić information content (AvgIpc) is 2.59. The fraction of sp³-hybridized carbons (Fsp3) is 0.0500. The van der Waals surface area contributed by atoms with Gasteiger partial charge in [0, 0.05) is 0 Å². The van der Waals surface area contributed by atoms with Crippen molar-refractivity contribution in [1.29, 1.82) is 0 Å². The minimum absolute atomic E-state index is 0.451. The summed E-state index contributed by atoms with van der Waals surface area (Å²) in [5.74, 6) is 0. The molecule has 0 fully saturated rings. The highest BCUT2D eigenvalue weighted by Crippen LogP contribution is 2.19. The van der Waals surface area contributed by atoms with E-state index in [1.165, 1.54) is 16.3 Å². The Kier molecular flexibility index (Phi) is 4.63. The van der Waals surface area contributed by atoms with E-state index in [9.17, 15) is 0 Å². The van der Waals surface area contributed by atoms with Crippen molar-refractivity contribution in [3.63, 3.8) is 0 Å². The van der Waals surface area contributed by atoms with Crippen LogP contribution in [0.2, 0.25) is 0 Å². The molecule has 0 N–H and O–H groups in total. The summed E-state index contributed by atoms with van der Waals surface area (Å²) in [6.45, 7) is 0.451. The summed E-state index contributed by atoms with van der Waals surface area (Å²) in [4.78, 5) is 5.25. The van der Waals surface area contributed by atoms with Crippen molar-refractivity contribution in [2.24, 2.45) is 5.16 Å². The lowest BCUT2D eigenvalue weighted by molar-refractivity contribution is 0.177. The summed E-state index contributed by atoms with van der Waals surface area (Å²) in [6.07, 6.45) is 5.76. The Labute approximate surface area is 130 Å². The van der Waals surface area contributed by atoms with Gasteiger partial charge in [0.25, 0.3) is 0 Å². The van der Waals surface area contributed by atoms with Gasteiger partial charge in [-0.05, 0) is 28.0 Å². The number of hydrogen-bond acceptors (Lipinski definition) is 2. The quantitative estimate of drug-likeness (QED) is 0.371. The molecule has 2 nitrogen and oxygen atoms in total. The fourth-order valence-corrected chi connectivity index (χ4v) is 2.29. The van der Waals surface area contributed by atoms with Crippen LogP contribution in [0.15, 0.2) is 84.0 Å². The predicted octanol–water partition coefficient (Wildman–Crippen LogP) is 4.90.